The third kappa shape index (κ3) is 2.60. The standard InChI is InChI=1S/C10H9NO2/c1-2-9-5-3-4-6-10(9)7-8-11(12)13/h1,3-6H,7-8H2. The Morgan fingerprint density at radius 2 is 2.15 bits per heavy atom. The van der Waals surface area contributed by atoms with E-state index in [0.717, 1.165) is 11.1 Å². The molecule has 0 bridgehead atoms. The second kappa shape index (κ2) is 4.27. The van der Waals surface area contributed by atoms with Crippen LogP contribution in [0.1, 0.15) is 11.1 Å². The van der Waals surface area contributed by atoms with Crippen LogP contribution in [-0.4, -0.2) is 11.5 Å². The number of hydrogen-bond acceptors (Lipinski definition) is 2. The van der Waals surface area contributed by atoms with Crippen molar-refractivity contribution >= 4 is 0 Å². The molecule has 0 heterocycles. The maximum absolute atomic E-state index is 10.1. The average Bonchev–Trinajstić information content (AvgIpc) is 2.15. The summed E-state index contributed by atoms with van der Waals surface area (Å²) in [6, 6.07) is 7.26. The van der Waals surface area contributed by atoms with Crippen molar-refractivity contribution in [2.75, 3.05) is 6.54 Å². The van der Waals surface area contributed by atoms with Crippen LogP contribution in [0.25, 0.3) is 0 Å². The molecule has 0 N–H and O–H groups in total. The minimum absolute atomic E-state index is 0.0707. The Hall–Kier alpha value is -1.82. The second-order valence-corrected chi connectivity index (χ2v) is 2.61. The smallest absolute Gasteiger partial charge is 0.207 e. The molecule has 13 heavy (non-hydrogen) atoms. The van der Waals surface area contributed by atoms with Gasteiger partial charge in [0.05, 0.1) is 0 Å². The quantitative estimate of drug-likeness (QED) is 0.397. The molecule has 0 aliphatic rings. The van der Waals surface area contributed by atoms with Gasteiger partial charge in [0, 0.05) is 16.9 Å². The van der Waals surface area contributed by atoms with Crippen LogP contribution in [0.3, 0.4) is 0 Å². The van der Waals surface area contributed by atoms with E-state index in [9.17, 15) is 10.1 Å². The molecule has 0 unspecified atom stereocenters. The Labute approximate surface area is 76.5 Å². The molecule has 0 aromatic heterocycles. The van der Waals surface area contributed by atoms with Gasteiger partial charge in [0.15, 0.2) is 0 Å². The van der Waals surface area contributed by atoms with Gasteiger partial charge in [-0.2, -0.15) is 0 Å². The van der Waals surface area contributed by atoms with Crippen molar-refractivity contribution in [3.8, 4) is 12.3 Å². The molecule has 1 aromatic carbocycles. The van der Waals surface area contributed by atoms with Gasteiger partial charge < -0.3 is 0 Å². The van der Waals surface area contributed by atoms with Crippen LogP contribution in [0.15, 0.2) is 24.3 Å². The Balaban J connectivity index is 2.77. The maximum atomic E-state index is 10.1. The van der Waals surface area contributed by atoms with E-state index >= 15 is 0 Å². The summed E-state index contributed by atoms with van der Waals surface area (Å²) < 4.78 is 0. The fourth-order valence-corrected chi connectivity index (χ4v) is 1.09. The van der Waals surface area contributed by atoms with Crippen LogP contribution in [0.5, 0.6) is 0 Å². The summed E-state index contributed by atoms with van der Waals surface area (Å²) in [5.74, 6) is 2.50. The lowest BCUT2D eigenvalue weighted by atomic mass is 10.1. The predicted molar refractivity (Wildman–Crippen MR) is 49.9 cm³/mol. The molecule has 0 saturated carbocycles. The summed E-state index contributed by atoms with van der Waals surface area (Å²) in [6.07, 6.45) is 5.63. The summed E-state index contributed by atoms with van der Waals surface area (Å²) in [5.41, 5.74) is 1.60. The molecule has 0 spiro atoms. The second-order valence-electron chi connectivity index (χ2n) is 2.61. The lowest BCUT2D eigenvalue weighted by molar-refractivity contribution is -0.479. The van der Waals surface area contributed by atoms with Crippen LogP contribution in [0.2, 0.25) is 0 Å². The van der Waals surface area contributed by atoms with Crippen molar-refractivity contribution in [1.29, 1.82) is 0 Å². The molecule has 0 atom stereocenters. The van der Waals surface area contributed by atoms with Gasteiger partial charge in [-0.3, -0.25) is 10.1 Å². The van der Waals surface area contributed by atoms with E-state index in [-0.39, 0.29) is 11.5 Å². The molecule has 0 fully saturated rings. The first kappa shape index (κ1) is 9.27. The summed E-state index contributed by atoms with van der Waals surface area (Å²) in [6.45, 7) is -0.0707. The Morgan fingerprint density at radius 1 is 1.46 bits per heavy atom. The fourth-order valence-electron chi connectivity index (χ4n) is 1.09. The first-order valence-corrected chi connectivity index (χ1v) is 3.90. The molecule has 0 saturated heterocycles. The van der Waals surface area contributed by atoms with Crippen molar-refractivity contribution in [2.24, 2.45) is 0 Å². The van der Waals surface area contributed by atoms with E-state index in [1.165, 1.54) is 0 Å². The summed E-state index contributed by atoms with van der Waals surface area (Å²) in [4.78, 5) is 9.79. The van der Waals surface area contributed by atoms with E-state index in [1.807, 2.05) is 18.2 Å². The van der Waals surface area contributed by atoms with E-state index < -0.39 is 0 Å². The van der Waals surface area contributed by atoms with Gasteiger partial charge in [-0.1, -0.05) is 24.1 Å². The molecule has 3 nitrogen and oxygen atoms in total. The van der Waals surface area contributed by atoms with Crippen molar-refractivity contribution < 1.29 is 4.92 Å². The van der Waals surface area contributed by atoms with Crippen LogP contribution < -0.4 is 0 Å². The minimum atomic E-state index is -0.340. The number of nitro groups is 1. The molecule has 66 valence electrons. The summed E-state index contributed by atoms with van der Waals surface area (Å²) in [5, 5.41) is 10.1. The normalized spacial score (nSPS) is 9.15. The number of terminal acetylenes is 1. The van der Waals surface area contributed by atoms with Crippen molar-refractivity contribution in [1.82, 2.24) is 0 Å². The van der Waals surface area contributed by atoms with Gasteiger partial charge >= 0.3 is 0 Å². The van der Waals surface area contributed by atoms with Gasteiger partial charge in [0.25, 0.3) is 0 Å². The van der Waals surface area contributed by atoms with Crippen LogP contribution >= 0.6 is 0 Å². The molecule has 1 aromatic rings. The highest BCUT2D eigenvalue weighted by Crippen LogP contribution is 2.07. The number of rotatable bonds is 3. The zero-order chi connectivity index (χ0) is 9.68. The largest absolute Gasteiger partial charge is 0.265 e. The zero-order valence-corrected chi connectivity index (χ0v) is 7.06. The van der Waals surface area contributed by atoms with E-state index in [1.54, 1.807) is 6.07 Å². The predicted octanol–water partition coefficient (Wildman–Crippen LogP) is 1.49. The maximum Gasteiger partial charge on any atom is 0.207 e. The van der Waals surface area contributed by atoms with Crippen LogP contribution in [0.4, 0.5) is 0 Å². The highest BCUT2D eigenvalue weighted by atomic mass is 16.6. The van der Waals surface area contributed by atoms with Crippen LogP contribution in [-0.2, 0) is 6.42 Å². The Kier molecular flexibility index (Phi) is 3.04. The van der Waals surface area contributed by atoms with Gasteiger partial charge in [-0.05, 0) is 11.6 Å². The zero-order valence-electron chi connectivity index (χ0n) is 7.06. The average molecular weight is 175 g/mol. The molecule has 1 rings (SSSR count). The molecular weight excluding hydrogens is 166 g/mol. The van der Waals surface area contributed by atoms with Gasteiger partial charge in [0.2, 0.25) is 6.54 Å². The molecule has 0 aliphatic carbocycles. The molecule has 0 aliphatic heterocycles. The van der Waals surface area contributed by atoms with Crippen molar-refractivity contribution in [3.05, 3.63) is 45.5 Å². The highest BCUT2D eigenvalue weighted by molar-refractivity contribution is 5.39. The number of nitrogens with zero attached hydrogens (tertiary/aromatic N) is 1. The molecule has 0 radical (unpaired) electrons. The lowest BCUT2D eigenvalue weighted by Gasteiger charge is -1.99. The Morgan fingerprint density at radius 3 is 2.77 bits per heavy atom. The van der Waals surface area contributed by atoms with E-state index in [0.29, 0.717) is 6.42 Å². The van der Waals surface area contributed by atoms with Crippen molar-refractivity contribution in [2.45, 2.75) is 6.42 Å². The van der Waals surface area contributed by atoms with E-state index in [4.69, 9.17) is 6.42 Å². The monoisotopic (exact) mass is 175 g/mol. The fraction of sp³-hybridized carbons (Fsp3) is 0.200. The SMILES string of the molecule is C#Cc1ccccc1CC[N+](=O)[O-]. The first-order chi connectivity index (χ1) is 6.24. The Bertz CT molecular complexity index is 352. The van der Waals surface area contributed by atoms with E-state index in [2.05, 4.69) is 5.92 Å². The number of benzene rings is 1. The molecule has 0 amide bonds. The van der Waals surface area contributed by atoms with Crippen molar-refractivity contribution in [3.63, 3.8) is 0 Å². The van der Waals surface area contributed by atoms with Gasteiger partial charge in [0.1, 0.15) is 0 Å². The van der Waals surface area contributed by atoms with Gasteiger partial charge in [-0.15, -0.1) is 6.42 Å². The minimum Gasteiger partial charge on any atom is -0.265 e. The third-order valence-electron chi connectivity index (χ3n) is 1.74. The lowest BCUT2D eigenvalue weighted by Crippen LogP contribution is -2.05. The summed E-state index contributed by atoms with van der Waals surface area (Å²) >= 11 is 0. The first-order valence-electron chi connectivity index (χ1n) is 3.90. The molecular formula is C10H9NO2. The third-order valence-corrected chi connectivity index (χ3v) is 1.74. The summed E-state index contributed by atoms with van der Waals surface area (Å²) in [7, 11) is 0. The van der Waals surface area contributed by atoms with Gasteiger partial charge in [-0.25, -0.2) is 0 Å². The topological polar surface area (TPSA) is 43.1 Å². The number of hydrogen-bond donors (Lipinski definition) is 0. The molecule has 3 heteroatoms. The van der Waals surface area contributed by atoms with Crippen LogP contribution in [0, 0.1) is 22.5 Å². The highest BCUT2D eigenvalue weighted by Gasteiger charge is 2.02.